The van der Waals surface area contributed by atoms with Gasteiger partial charge in [-0.25, -0.2) is 0 Å². The first-order valence-corrected chi connectivity index (χ1v) is 4.79. The Bertz CT molecular complexity index is 477. The lowest BCUT2D eigenvalue weighted by Gasteiger charge is -2.01. The van der Waals surface area contributed by atoms with Crippen molar-refractivity contribution in [3.63, 3.8) is 0 Å². The van der Waals surface area contributed by atoms with Gasteiger partial charge in [0.05, 0.1) is 0 Å². The molecule has 1 heterocycles. The van der Waals surface area contributed by atoms with Crippen LogP contribution in [0.15, 0.2) is 48.8 Å². The van der Waals surface area contributed by atoms with Crippen LogP contribution >= 0.6 is 0 Å². The number of aryl methyl sites for hydroxylation is 1. The van der Waals surface area contributed by atoms with E-state index in [1.807, 2.05) is 31.2 Å². The third-order valence-electron chi connectivity index (χ3n) is 2.22. The normalized spacial score (nSPS) is 9.93. The lowest BCUT2D eigenvalue weighted by Crippen LogP contribution is -2.01. The van der Waals surface area contributed by atoms with Crippen molar-refractivity contribution in [3.8, 4) is 0 Å². The summed E-state index contributed by atoms with van der Waals surface area (Å²) in [5.74, 6) is 0.0427. The highest BCUT2D eigenvalue weighted by Crippen LogP contribution is 2.10. The van der Waals surface area contributed by atoms with Crippen molar-refractivity contribution in [2.45, 2.75) is 6.92 Å². The first kappa shape index (κ1) is 9.59. The molecule has 0 amide bonds. The van der Waals surface area contributed by atoms with Crippen molar-refractivity contribution < 1.29 is 4.79 Å². The van der Waals surface area contributed by atoms with Gasteiger partial charge in [-0.2, -0.15) is 0 Å². The zero-order valence-corrected chi connectivity index (χ0v) is 8.47. The summed E-state index contributed by atoms with van der Waals surface area (Å²) >= 11 is 0. The number of ketones is 1. The zero-order valence-electron chi connectivity index (χ0n) is 8.47. The minimum atomic E-state index is 0.0427. The van der Waals surface area contributed by atoms with E-state index >= 15 is 0 Å². The maximum atomic E-state index is 12.0. The Labute approximate surface area is 88.6 Å². The predicted octanol–water partition coefficient (Wildman–Crippen LogP) is 2.62. The monoisotopic (exact) mass is 197 g/mol. The second kappa shape index (κ2) is 4.05. The van der Waals surface area contributed by atoms with E-state index in [1.165, 1.54) is 0 Å². The van der Waals surface area contributed by atoms with Crippen LogP contribution in [0, 0.1) is 6.92 Å². The van der Waals surface area contributed by atoms with E-state index in [0.717, 1.165) is 11.1 Å². The predicted molar refractivity (Wildman–Crippen MR) is 58.8 cm³/mol. The van der Waals surface area contributed by atoms with Gasteiger partial charge in [0, 0.05) is 23.5 Å². The first-order valence-electron chi connectivity index (χ1n) is 4.79. The van der Waals surface area contributed by atoms with Crippen LogP contribution < -0.4 is 0 Å². The van der Waals surface area contributed by atoms with E-state index in [9.17, 15) is 4.79 Å². The van der Waals surface area contributed by atoms with Crippen LogP contribution in [0.25, 0.3) is 0 Å². The summed E-state index contributed by atoms with van der Waals surface area (Å²) in [6, 6.07) is 11.0. The van der Waals surface area contributed by atoms with Gasteiger partial charge in [-0.3, -0.25) is 9.78 Å². The minimum Gasteiger partial charge on any atom is -0.289 e. The fraction of sp³-hybridized carbons (Fsp3) is 0.0769. The SMILES string of the molecule is Cc1cccc(C(=O)c2ccncc2)c1. The number of rotatable bonds is 2. The summed E-state index contributed by atoms with van der Waals surface area (Å²) in [7, 11) is 0. The number of carbonyl (C=O) groups excluding carboxylic acids is 1. The average Bonchev–Trinajstić information content (AvgIpc) is 2.29. The molecule has 0 atom stereocenters. The Morgan fingerprint density at radius 1 is 1.07 bits per heavy atom. The third kappa shape index (κ3) is 2.10. The van der Waals surface area contributed by atoms with Gasteiger partial charge in [-0.1, -0.05) is 23.8 Å². The second-order valence-corrected chi connectivity index (χ2v) is 3.43. The molecule has 15 heavy (non-hydrogen) atoms. The van der Waals surface area contributed by atoms with Crippen molar-refractivity contribution in [3.05, 3.63) is 65.5 Å². The molecule has 1 aromatic carbocycles. The summed E-state index contributed by atoms with van der Waals surface area (Å²) in [5.41, 5.74) is 2.49. The Hall–Kier alpha value is -1.96. The maximum Gasteiger partial charge on any atom is 0.193 e. The fourth-order valence-corrected chi connectivity index (χ4v) is 1.46. The molecule has 0 N–H and O–H groups in total. The van der Waals surface area contributed by atoms with Crippen molar-refractivity contribution in [2.75, 3.05) is 0 Å². The van der Waals surface area contributed by atoms with Gasteiger partial charge in [0.25, 0.3) is 0 Å². The van der Waals surface area contributed by atoms with Crippen molar-refractivity contribution in [1.82, 2.24) is 4.98 Å². The molecule has 0 aliphatic carbocycles. The molecular formula is C13H11NO. The number of pyridine rings is 1. The van der Waals surface area contributed by atoms with E-state index in [0.29, 0.717) is 5.56 Å². The van der Waals surface area contributed by atoms with E-state index in [1.54, 1.807) is 24.5 Å². The van der Waals surface area contributed by atoms with E-state index in [2.05, 4.69) is 4.98 Å². The molecule has 0 saturated heterocycles. The molecule has 0 fully saturated rings. The largest absolute Gasteiger partial charge is 0.289 e. The summed E-state index contributed by atoms with van der Waals surface area (Å²) in [6.45, 7) is 1.98. The summed E-state index contributed by atoms with van der Waals surface area (Å²) in [4.78, 5) is 15.9. The van der Waals surface area contributed by atoms with Gasteiger partial charge < -0.3 is 0 Å². The van der Waals surface area contributed by atoms with Gasteiger partial charge in [0.1, 0.15) is 0 Å². The number of aromatic nitrogens is 1. The third-order valence-corrected chi connectivity index (χ3v) is 2.22. The quantitative estimate of drug-likeness (QED) is 0.693. The lowest BCUT2D eigenvalue weighted by molar-refractivity contribution is 0.103. The van der Waals surface area contributed by atoms with Crippen LogP contribution in [0.3, 0.4) is 0 Å². The van der Waals surface area contributed by atoms with Gasteiger partial charge in [0.2, 0.25) is 0 Å². The van der Waals surface area contributed by atoms with Gasteiger partial charge >= 0.3 is 0 Å². The van der Waals surface area contributed by atoms with Crippen LogP contribution in [0.1, 0.15) is 21.5 Å². The average molecular weight is 197 g/mol. The van der Waals surface area contributed by atoms with Crippen molar-refractivity contribution in [1.29, 1.82) is 0 Å². The highest BCUT2D eigenvalue weighted by molar-refractivity contribution is 6.08. The Morgan fingerprint density at radius 3 is 2.47 bits per heavy atom. The smallest absolute Gasteiger partial charge is 0.193 e. The van der Waals surface area contributed by atoms with Crippen LogP contribution in [-0.2, 0) is 0 Å². The molecule has 0 radical (unpaired) electrons. The van der Waals surface area contributed by atoms with E-state index in [-0.39, 0.29) is 5.78 Å². The molecule has 0 aliphatic heterocycles. The maximum absolute atomic E-state index is 12.0. The van der Waals surface area contributed by atoms with Crippen LogP contribution in [-0.4, -0.2) is 10.8 Å². The molecule has 2 rings (SSSR count). The molecule has 0 aliphatic rings. The van der Waals surface area contributed by atoms with E-state index in [4.69, 9.17) is 0 Å². The van der Waals surface area contributed by atoms with Crippen molar-refractivity contribution in [2.24, 2.45) is 0 Å². The first-order chi connectivity index (χ1) is 7.27. The number of benzene rings is 1. The summed E-state index contributed by atoms with van der Waals surface area (Å²) < 4.78 is 0. The number of hydrogen-bond acceptors (Lipinski definition) is 2. The van der Waals surface area contributed by atoms with Gasteiger partial charge in [-0.15, -0.1) is 0 Å². The number of nitrogens with zero attached hydrogens (tertiary/aromatic N) is 1. The number of hydrogen-bond donors (Lipinski definition) is 0. The zero-order chi connectivity index (χ0) is 10.7. The topological polar surface area (TPSA) is 30.0 Å². The highest BCUT2D eigenvalue weighted by atomic mass is 16.1. The number of carbonyl (C=O) groups is 1. The second-order valence-electron chi connectivity index (χ2n) is 3.43. The minimum absolute atomic E-state index is 0.0427. The molecule has 0 spiro atoms. The van der Waals surface area contributed by atoms with Gasteiger partial charge in [-0.05, 0) is 25.1 Å². The molecule has 0 bridgehead atoms. The summed E-state index contributed by atoms with van der Waals surface area (Å²) in [5, 5.41) is 0. The summed E-state index contributed by atoms with van der Waals surface area (Å²) in [6.07, 6.45) is 3.26. The lowest BCUT2D eigenvalue weighted by atomic mass is 10.0. The highest BCUT2D eigenvalue weighted by Gasteiger charge is 2.07. The molecule has 1 aromatic heterocycles. The van der Waals surface area contributed by atoms with Gasteiger partial charge in [0.15, 0.2) is 5.78 Å². The fourth-order valence-electron chi connectivity index (χ4n) is 1.46. The standard InChI is InChI=1S/C13H11NO/c1-10-3-2-4-12(9-10)13(15)11-5-7-14-8-6-11/h2-9H,1H3. The Balaban J connectivity index is 2.37. The van der Waals surface area contributed by atoms with Crippen LogP contribution in [0.2, 0.25) is 0 Å². The molecule has 2 nitrogen and oxygen atoms in total. The van der Waals surface area contributed by atoms with E-state index < -0.39 is 0 Å². The Kier molecular flexibility index (Phi) is 2.59. The molecule has 74 valence electrons. The van der Waals surface area contributed by atoms with Crippen LogP contribution in [0.5, 0.6) is 0 Å². The molecule has 0 unspecified atom stereocenters. The molecular weight excluding hydrogens is 186 g/mol. The van der Waals surface area contributed by atoms with Crippen LogP contribution in [0.4, 0.5) is 0 Å². The molecule has 2 heteroatoms. The molecule has 2 aromatic rings. The Morgan fingerprint density at radius 2 is 1.80 bits per heavy atom. The van der Waals surface area contributed by atoms with Crippen molar-refractivity contribution >= 4 is 5.78 Å². The molecule has 0 saturated carbocycles.